The number of non-ortho nitro benzene ring substituents is 1. The summed E-state index contributed by atoms with van der Waals surface area (Å²) in [4.78, 5) is 10.2. The predicted octanol–water partition coefficient (Wildman–Crippen LogP) is 4.05. The third kappa shape index (κ3) is 3.39. The fourth-order valence-corrected chi connectivity index (χ4v) is 2.30. The van der Waals surface area contributed by atoms with Crippen LogP contribution in [0.15, 0.2) is 53.6 Å². The molecule has 0 aliphatic rings. The first-order chi connectivity index (χ1) is 11.5. The molecule has 0 aliphatic heterocycles. The lowest BCUT2D eigenvalue weighted by Crippen LogP contribution is -1.95. The quantitative estimate of drug-likeness (QED) is 0.329. The molecular weight excluding hydrogens is 350 g/mol. The molecule has 2 aromatic carbocycles. The zero-order chi connectivity index (χ0) is 17.1. The average Bonchev–Trinajstić information content (AvgIpc) is 2.95. The number of rotatable bonds is 4. The van der Waals surface area contributed by atoms with E-state index in [2.05, 4.69) is 15.3 Å². The van der Waals surface area contributed by atoms with E-state index in [4.69, 9.17) is 23.8 Å². The maximum Gasteiger partial charge on any atom is 0.269 e. The van der Waals surface area contributed by atoms with Gasteiger partial charge in [0.15, 0.2) is 5.82 Å². The summed E-state index contributed by atoms with van der Waals surface area (Å²) >= 11 is 11.1. The predicted molar refractivity (Wildman–Crippen MR) is 93.9 cm³/mol. The molecule has 0 aliphatic carbocycles. The second kappa shape index (κ2) is 6.73. The lowest BCUT2D eigenvalue weighted by Gasteiger charge is -2.01. The van der Waals surface area contributed by atoms with Crippen molar-refractivity contribution in [2.45, 2.75) is 0 Å². The zero-order valence-electron chi connectivity index (χ0n) is 12.1. The van der Waals surface area contributed by atoms with Gasteiger partial charge in [0, 0.05) is 22.7 Å². The van der Waals surface area contributed by atoms with Gasteiger partial charge in [-0.1, -0.05) is 11.6 Å². The second-order valence-corrected chi connectivity index (χ2v) is 5.59. The first kappa shape index (κ1) is 16.0. The molecular formula is C15H10ClN5O2S. The fourth-order valence-electron chi connectivity index (χ4n) is 1.99. The first-order valence-electron chi connectivity index (χ1n) is 6.77. The molecule has 120 valence electrons. The summed E-state index contributed by atoms with van der Waals surface area (Å²) in [6.45, 7) is 0. The van der Waals surface area contributed by atoms with Gasteiger partial charge < -0.3 is 0 Å². The van der Waals surface area contributed by atoms with E-state index >= 15 is 0 Å². The van der Waals surface area contributed by atoms with Crippen molar-refractivity contribution in [1.29, 1.82) is 0 Å². The summed E-state index contributed by atoms with van der Waals surface area (Å²) in [5.41, 5.74) is 1.52. The molecule has 0 saturated carbocycles. The van der Waals surface area contributed by atoms with Crippen molar-refractivity contribution < 1.29 is 4.92 Å². The number of hydrogen-bond acceptors (Lipinski definition) is 5. The van der Waals surface area contributed by atoms with E-state index in [1.807, 2.05) is 12.1 Å². The summed E-state index contributed by atoms with van der Waals surface area (Å²) in [5.74, 6) is 0.537. The normalized spacial score (nSPS) is 11.0. The van der Waals surface area contributed by atoms with Crippen LogP contribution in [0.2, 0.25) is 5.02 Å². The summed E-state index contributed by atoms with van der Waals surface area (Å²) in [5, 5.41) is 22.4. The second-order valence-electron chi connectivity index (χ2n) is 4.76. The van der Waals surface area contributed by atoms with Crippen LogP contribution in [-0.2, 0) is 0 Å². The number of nitrogens with zero attached hydrogens (tertiary/aromatic N) is 4. The van der Waals surface area contributed by atoms with Gasteiger partial charge in [-0.3, -0.25) is 10.1 Å². The van der Waals surface area contributed by atoms with Crippen molar-refractivity contribution in [3.8, 4) is 11.4 Å². The van der Waals surface area contributed by atoms with Crippen LogP contribution >= 0.6 is 23.8 Å². The number of nitro benzene ring substituents is 1. The van der Waals surface area contributed by atoms with Gasteiger partial charge in [0.1, 0.15) is 0 Å². The van der Waals surface area contributed by atoms with Crippen LogP contribution in [-0.4, -0.2) is 26.0 Å². The van der Waals surface area contributed by atoms with Crippen molar-refractivity contribution in [2.24, 2.45) is 5.10 Å². The van der Waals surface area contributed by atoms with Gasteiger partial charge in [-0.25, -0.2) is 5.10 Å². The van der Waals surface area contributed by atoms with Crippen molar-refractivity contribution in [3.63, 3.8) is 0 Å². The Kier molecular flexibility index (Phi) is 4.50. The smallest absolute Gasteiger partial charge is 0.258 e. The minimum Gasteiger partial charge on any atom is -0.258 e. The Morgan fingerprint density at radius 2 is 1.88 bits per heavy atom. The molecule has 1 heterocycles. The van der Waals surface area contributed by atoms with Gasteiger partial charge in [-0.15, -0.1) is 0 Å². The Bertz CT molecular complexity index is 961. The number of halogens is 1. The molecule has 3 rings (SSSR count). The average molecular weight is 360 g/mol. The molecule has 3 aromatic rings. The van der Waals surface area contributed by atoms with Gasteiger partial charge in [-0.05, 0) is 54.2 Å². The minimum absolute atomic E-state index is 0.0222. The molecule has 0 atom stereocenters. The Hall–Kier alpha value is -2.84. The van der Waals surface area contributed by atoms with E-state index in [9.17, 15) is 10.1 Å². The number of benzene rings is 2. The third-order valence-electron chi connectivity index (χ3n) is 3.18. The SMILES string of the molecule is O=[N+]([O-])c1ccc(/C=N/n2c(-c3ccc(Cl)cc3)n[nH]c2=S)cc1. The van der Waals surface area contributed by atoms with Crippen LogP contribution in [0.5, 0.6) is 0 Å². The molecule has 1 aromatic heterocycles. The Morgan fingerprint density at radius 3 is 2.50 bits per heavy atom. The largest absolute Gasteiger partial charge is 0.269 e. The molecule has 1 N–H and O–H groups in total. The Morgan fingerprint density at radius 1 is 1.21 bits per heavy atom. The maximum atomic E-state index is 10.7. The topological polar surface area (TPSA) is 89.1 Å². The minimum atomic E-state index is -0.453. The van der Waals surface area contributed by atoms with Crippen molar-refractivity contribution in [1.82, 2.24) is 14.9 Å². The molecule has 0 spiro atoms. The summed E-state index contributed by atoms with van der Waals surface area (Å²) in [6.07, 6.45) is 1.55. The van der Waals surface area contributed by atoms with E-state index < -0.39 is 4.92 Å². The third-order valence-corrected chi connectivity index (χ3v) is 3.70. The highest BCUT2D eigenvalue weighted by Gasteiger charge is 2.08. The van der Waals surface area contributed by atoms with E-state index in [0.29, 0.717) is 21.2 Å². The lowest BCUT2D eigenvalue weighted by molar-refractivity contribution is -0.384. The van der Waals surface area contributed by atoms with Gasteiger partial charge in [0.2, 0.25) is 4.77 Å². The van der Waals surface area contributed by atoms with Crippen LogP contribution < -0.4 is 0 Å². The monoisotopic (exact) mass is 359 g/mol. The molecule has 24 heavy (non-hydrogen) atoms. The van der Waals surface area contributed by atoms with E-state index in [-0.39, 0.29) is 5.69 Å². The Balaban J connectivity index is 1.92. The molecule has 9 heteroatoms. The molecule has 7 nitrogen and oxygen atoms in total. The highest BCUT2D eigenvalue weighted by atomic mass is 35.5. The van der Waals surface area contributed by atoms with Crippen molar-refractivity contribution in [3.05, 3.63) is 74.0 Å². The molecule has 0 saturated heterocycles. The van der Waals surface area contributed by atoms with Crippen LogP contribution in [0.4, 0.5) is 5.69 Å². The lowest BCUT2D eigenvalue weighted by atomic mass is 10.2. The van der Waals surface area contributed by atoms with Crippen LogP contribution in [0.3, 0.4) is 0 Å². The van der Waals surface area contributed by atoms with Gasteiger partial charge in [-0.2, -0.15) is 14.9 Å². The van der Waals surface area contributed by atoms with Gasteiger partial charge in [0.05, 0.1) is 11.1 Å². The number of H-pyrrole nitrogens is 1. The number of nitrogens with one attached hydrogen (secondary N) is 1. The van der Waals surface area contributed by atoms with Gasteiger partial charge >= 0.3 is 0 Å². The van der Waals surface area contributed by atoms with E-state index in [0.717, 1.165) is 5.56 Å². The molecule has 0 fully saturated rings. The van der Waals surface area contributed by atoms with Crippen LogP contribution in [0.25, 0.3) is 11.4 Å². The zero-order valence-corrected chi connectivity index (χ0v) is 13.7. The molecule has 0 amide bonds. The number of hydrogen-bond donors (Lipinski definition) is 1. The maximum absolute atomic E-state index is 10.7. The van der Waals surface area contributed by atoms with E-state index in [1.54, 1.807) is 30.5 Å². The van der Waals surface area contributed by atoms with Gasteiger partial charge in [0.25, 0.3) is 5.69 Å². The summed E-state index contributed by atoms with van der Waals surface area (Å²) < 4.78 is 1.80. The molecule has 0 unspecified atom stereocenters. The highest BCUT2D eigenvalue weighted by molar-refractivity contribution is 7.71. The number of aromatic nitrogens is 3. The van der Waals surface area contributed by atoms with Crippen molar-refractivity contribution in [2.75, 3.05) is 0 Å². The number of nitro groups is 1. The standard InChI is InChI=1S/C15H10ClN5O2S/c16-12-5-3-11(4-6-12)14-18-19-15(24)20(14)17-9-10-1-7-13(8-2-10)21(22)23/h1-9H,(H,19,24)/b17-9+. The Labute approximate surface area is 146 Å². The number of aromatic amines is 1. The van der Waals surface area contributed by atoms with E-state index in [1.165, 1.54) is 16.8 Å². The van der Waals surface area contributed by atoms with Crippen LogP contribution in [0, 0.1) is 14.9 Å². The molecule has 0 bridgehead atoms. The summed E-state index contributed by atoms with van der Waals surface area (Å²) in [6, 6.07) is 13.2. The highest BCUT2D eigenvalue weighted by Crippen LogP contribution is 2.20. The van der Waals surface area contributed by atoms with Crippen molar-refractivity contribution >= 4 is 35.7 Å². The van der Waals surface area contributed by atoms with Crippen LogP contribution in [0.1, 0.15) is 5.56 Å². The fraction of sp³-hybridized carbons (Fsp3) is 0. The summed E-state index contributed by atoms with van der Waals surface area (Å²) in [7, 11) is 0. The first-order valence-corrected chi connectivity index (χ1v) is 7.55. The molecule has 0 radical (unpaired) electrons.